The van der Waals surface area contributed by atoms with Gasteiger partial charge in [-0.3, -0.25) is 0 Å². The second-order valence-electron chi connectivity index (χ2n) is 3.54. The van der Waals surface area contributed by atoms with Crippen molar-refractivity contribution in [3.63, 3.8) is 0 Å². The number of ether oxygens (including phenoxy) is 1. The molecule has 0 spiro atoms. The summed E-state index contributed by atoms with van der Waals surface area (Å²) in [6.07, 6.45) is 3.13. The lowest BCUT2D eigenvalue weighted by Gasteiger charge is -2.27. The molecule has 4 heteroatoms. The van der Waals surface area contributed by atoms with Gasteiger partial charge < -0.3 is 14.9 Å². The fourth-order valence-corrected chi connectivity index (χ4v) is 1.47. The SMILES string of the molecule is CCOC(=O)C=C1CCC(O)(O)CC1. The molecule has 0 amide bonds. The van der Waals surface area contributed by atoms with Gasteiger partial charge in [0.25, 0.3) is 0 Å². The summed E-state index contributed by atoms with van der Waals surface area (Å²) in [6, 6.07) is 0. The highest BCUT2D eigenvalue weighted by Crippen LogP contribution is 2.29. The summed E-state index contributed by atoms with van der Waals surface area (Å²) in [7, 11) is 0. The Kier molecular flexibility index (Phi) is 3.66. The molecule has 0 heterocycles. The van der Waals surface area contributed by atoms with Gasteiger partial charge in [-0.15, -0.1) is 0 Å². The van der Waals surface area contributed by atoms with Crippen LogP contribution >= 0.6 is 0 Å². The summed E-state index contributed by atoms with van der Waals surface area (Å²) in [5.41, 5.74) is 0.933. The van der Waals surface area contributed by atoms with Crippen LogP contribution in [0.4, 0.5) is 0 Å². The molecular weight excluding hydrogens is 184 g/mol. The first-order valence-electron chi connectivity index (χ1n) is 4.84. The molecule has 2 N–H and O–H groups in total. The van der Waals surface area contributed by atoms with E-state index in [-0.39, 0.29) is 18.8 Å². The van der Waals surface area contributed by atoms with Crippen LogP contribution in [0.1, 0.15) is 32.6 Å². The van der Waals surface area contributed by atoms with Crippen LogP contribution < -0.4 is 0 Å². The molecule has 0 radical (unpaired) electrons. The number of aliphatic hydroxyl groups is 2. The van der Waals surface area contributed by atoms with Gasteiger partial charge in [-0.2, -0.15) is 0 Å². The zero-order valence-corrected chi connectivity index (χ0v) is 8.32. The number of hydrogen-bond acceptors (Lipinski definition) is 4. The number of carbonyl (C=O) groups excluding carboxylic acids is 1. The van der Waals surface area contributed by atoms with Crippen LogP contribution in [-0.4, -0.2) is 28.6 Å². The molecule has 0 saturated heterocycles. The summed E-state index contributed by atoms with van der Waals surface area (Å²) in [4.78, 5) is 11.0. The minimum Gasteiger partial charge on any atom is -0.463 e. The lowest BCUT2D eigenvalue weighted by atomic mass is 9.90. The van der Waals surface area contributed by atoms with Gasteiger partial charge in [0.05, 0.1) is 6.61 Å². The topological polar surface area (TPSA) is 66.8 Å². The molecule has 0 aromatic carbocycles. The van der Waals surface area contributed by atoms with Crippen molar-refractivity contribution in [1.82, 2.24) is 0 Å². The molecule has 14 heavy (non-hydrogen) atoms. The van der Waals surface area contributed by atoms with E-state index in [9.17, 15) is 15.0 Å². The van der Waals surface area contributed by atoms with Crippen molar-refractivity contribution >= 4 is 5.97 Å². The predicted octanol–water partition coefficient (Wildman–Crippen LogP) is 0.731. The Labute approximate surface area is 83.2 Å². The highest BCUT2D eigenvalue weighted by atomic mass is 16.5. The van der Waals surface area contributed by atoms with Crippen molar-refractivity contribution in [2.75, 3.05) is 6.61 Å². The molecule has 1 aliphatic rings. The van der Waals surface area contributed by atoms with E-state index in [4.69, 9.17) is 4.74 Å². The van der Waals surface area contributed by atoms with Gasteiger partial charge in [-0.05, 0) is 19.8 Å². The smallest absolute Gasteiger partial charge is 0.330 e. The molecule has 0 aromatic rings. The Hall–Kier alpha value is -0.870. The van der Waals surface area contributed by atoms with E-state index >= 15 is 0 Å². The summed E-state index contributed by atoms with van der Waals surface area (Å²) >= 11 is 0. The largest absolute Gasteiger partial charge is 0.463 e. The molecular formula is C10H16O4. The standard InChI is InChI=1S/C10H16O4/c1-2-14-9(11)7-8-3-5-10(12,13)6-4-8/h7,12-13H,2-6H2,1H3. The summed E-state index contributed by atoms with van der Waals surface area (Å²) in [5.74, 6) is -1.89. The van der Waals surface area contributed by atoms with Crippen molar-refractivity contribution in [3.8, 4) is 0 Å². The monoisotopic (exact) mass is 200 g/mol. The third kappa shape index (κ3) is 3.47. The van der Waals surface area contributed by atoms with Crippen LogP contribution in [0, 0.1) is 0 Å². The van der Waals surface area contributed by atoms with Crippen molar-refractivity contribution < 1.29 is 19.7 Å². The van der Waals surface area contributed by atoms with Crippen LogP contribution in [0.3, 0.4) is 0 Å². The molecule has 1 saturated carbocycles. The Morgan fingerprint density at radius 3 is 2.57 bits per heavy atom. The lowest BCUT2D eigenvalue weighted by Crippen LogP contribution is -2.31. The fraction of sp³-hybridized carbons (Fsp3) is 0.700. The first-order chi connectivity index (χ1) is 6.53. The normalized spacial score (nSPS) is 20.4. The van der Waals surface area contributed by atoms with Gasteiger partial charge >= 0.3 is 5.97 Å². The fourth-order valence-electron chi connectivity index (χ4n) is 1.47. The van der Waals surface area contributed by atoms with Crippen molar-refractivity contribution in [2.45, 2.75) is 38.4 Å². The quantitative estimate of drug-likeness (QED) is 0.392. The second-order valence-corrected chi connectivity index (χ2v) is 3.54. The Bertz CT molecular complexity index is 231. The average molecular weight is 200 g/mol. The maximum Gasteiger partial charge on any atom is 0.330 e. The van der Waals surface area contributed by atoms with Crippen molar-refractivity contribution in [3.05, 3.63) is 11.6 Å². The van der Waals surface area contributed by atoms with E-state index in [0.29, 0.717) is 19.4 Å². The highest BCUT2D eigenvalue weighted by molar-refractivity contribution is 5.82. The maximum atomic E-state index is 11.0. The molecule has 0 atom stereocenters. The van der Waals surface area contributed by atoms with E-state index in [1.165, 1.54) is 6.08 Å². The third-order valence-electron chi connectivity index (χ3n) is 2.30. The van der Waals surface area contributed by atoms with Gasteiger partial charge in [0.15, 0.2) is 5.79 Å². The Balaban J connectivity index is 2.45. The van der Waals surface area contributed by atoms with Crippen LogP contribution in [0.15, 0.2) is 11.6 Å². The first-order valence-corrected chi connectivity index (χ1v) is 4.84. The number of esters is 1. The van der Waals surface area contributed by atoms with Gasteiger partial charge in [-0.1, -0.05) is 5.57 Å². The van der Waals surface area contributed by atoms with Crippen LogP contribution in [0.2, 0.25) is 0 Å². The highest BCUT2D eigenvalue weighted by Gasteiger charge is 2.27. The Morgan fingerprint density at radius 2 is 2.07 bits per heavy atom. The van der Waals surface area contributed by atoms with E-state index in [1.807, 2.05) is 0 Å². The summed E-state index contributed by atoms with van der Waals surface area (Å²) in [6.45, 7) is 2.12. The predicted molar refractivity (Wildman–Crippen MR) is 50.4 cm³/mol. The second kappa shape index (κ2) is 4.57. The number of hydrogen-bond donors (Lipinski definition) is 2. The van der Waals surface area contributed by atoms with Gasteiger partial charge in [0, 0.05) is 18.9 Å². The van der Waals surface area contributed by atoms with Crippen molar-refractivity contribution in [2.24, 2.45) is 0 Å². The first kappa shape index (κ1) is 11.2. The molecule has 0 aliphatic heterocycles. The van der Waals surface area contributed by atoms with Crippen molar-refractivity contribution in [1.29, 1.82) is 0 Å². The average Bonchev–Trinajstić information content (AvgIpc) is 2.09. The lowest BCUT2D eigenvalue weighted by molar-refractivity contribution is -0.175. The molecule has 1 fully saturated rings. The van der Waals surface area contributed by atoms with E-state index in [2.05, 4.69) is 0 Å². The summed E-state index contributed by atoms with van der Waals surface area (Å²) < 4.78 is 4.76. The van der Waals surface area contributed by atoms with E-state index in [0.717, 1.165) is 5.57 Å². The zero-order chi connectivity index (χ0) is 10.6. The number of allylic oxidation sites excluding steroid dienone is 1. The molecule has 80 valence electrons. The number of rotatable bonds is 2. The molecule has 1 aliphatic carbocycles. The van der Waals surface area contributed by atoms with E-state index in [1.54, 1.807) is 6.92 Å². The third-order valence-corrected chi connectivity index (χ3v) is 2.30. The minimum atomic E-state index is -1.55. The molecule has 0 bridgehead atoms. The van der Waals surface area contributed by atoms with E-state index < -0.39 is 5.79 Å². The molecule has 0 unspecified atom stereocenters. The summed E-state index contributed by atoms with van der Waals surface area (Å²) in [5, 5.41) is 18.5. The van der Waals surface area contributed by atoms with Gasteiger partial charge in [0.1, 0.15) is 0 Å². The zero-order valence-electron chi connectivity index (χ0n) is 8.32. The maximum absolute atomic E-state index is 11.0. The molecule has 1 rings (SSSR count). The minimum absolute atomic E-state index is 0.290. The van der Waals surface area contributed by atoms with Gasteiger partial charge in [0.2, 0.25) is 0 Å². The van der Waals surface area contributed by atoms with Gasteiger partial charge in [-0.25, -0.2) is 4.79 Å². The molecule has 0 aromatic heterocycles. The molecule has 4 nitrogen and oxygen atoms in total. The van der Waals surface area contributed by atoms with Crippen LogP contribution in [0.5, 0.6) is 0 Å². The Morgan fingerprint density at radius 1 is 1.50 bits per heavy atom. The van der Waals surface area contributed by atoms with Crippen LogP contribution in [0.25, 0.3) is 0 Å². The number of carbonyl (C=O) groups is 1. The van der Waals surface area contributed by atoms with Crippen LogP contribution in [-0.2, 0) is 9.53 Å².